The summed E-state index contributed by atoms with van der Waals surface area (Å²) in [5.74, 6) is 0.201. The zero-order chi connectivity index (χ0) is 19.8. The highest BCUT2D eigenvalue weighted by atomic mass is 16.1. The van der Waals surface area contributed by atoms with Gasteiger partial charge in [0, 0.05) is 23.6 Å². The summed E-state index contributed by atoms with van der Waals surface area (Å²) in [4.78, 5) is 21.3. The largest absolute Gasteiger partial charge is 0.326 e. The van der Waals surface area contributed by atoms with E-state index in [4.69, 9.17) is 0 Å². The number of nitrogens with zero attached hydrogens (tertiary/aromatic N) is 2. The number of guanidine groups is 1. The second-order valence-electron chi connectivity index (χ2n) is 6.53. The van der Waals surface area contributed by atoms with Gasteiger partial charge < -0.3 is 5.32 Å². The molecule has 1 amide bonds. The fourth-order valence-corrected chi connectivity index (χ4v) is 2.70. The van der Waals surface area contributed by atoms with Crippen molar-refractivity contribution < 1.29 is 4.79 Å². The van der Waals surface area contributed by atoms with Crippen molar-refractivity contribution in [2.45, 2.75) is 26.8 Å². The minimum Gasteiger partial charge on any atom is -0.326 e. The molecule has 1 heterocycles. The molecule has 0 aliphatic rings. The summed E-state index contributed by atoms with van der Waals surface area (Å²) in [6.07, 6.45) is 4.43. The van der Waals surface area contributed by atoms with Crippen molar-refractivity contribution in [3.8, 4) is 0 Å². The lowest BCUT2D eigenvalue weighted by Crippen LogP contribution is -2.36. The molecule has 3 rings (SSSR count). The predicted molar refractivity (Wildman–Crippen MR) is 113 cm³/mol. The summed E-state index contributed by atoms with van der Waals surface area (Å²) in [6, 6.07) is 19.3. The van der Waals surface area contributed by atoms with Crippen LogP contribution >= 0.6 is 0 Å². The quantitative estimate of drug-likeness (QED) is 0.517. The number of anilines is 1. The molecule has 0 spiro atoms. The first kappa shape index (κ1) is 19.3. The van der Waals surface area contributed by atoms with Gasteiger partial charge >= 0.3 is 0 Å². The van der Waals surface area contributed by atoms with Crippen LogP contribution in [0.4, 0.5) is 5.69 Å². The van der Waals surface area contributed by atoms with Crippen LogP contribution in [0.1, 0.15) is 34.0 Å². The van der Waals surface area contributed by atoms with Gasteiger partial charge in [0.15, 0.2) is 0 Å². The molecule has 0 atom stereocenters. The van der Waals surface area contributed by atoms with E-state index in [1.165, 1.54) is 5.56 Å². The Morgan fingerprint density at radius 1 is 1.04 bits per heavy atom. The van der Waals surface area contributed by atoms with Crippen molar-refractivity contribution in [3.05, 3.63) is 95.3 Å². The van der Waals surface area contributed by atoms with E-state index in [-0.39, 0.29) is 5.91 Å². The lowest BCUT2D eigenvalue weighted by atomic mass is 10.1. The Labute approximate surface area is 165 Å². The third kappa shape index (κ3) is 5.51. The lowest BCUT2D eigenvalue weighted by molar-refractivity contribution is 0.0977. The number of amides is 1. The van der Waals surface area contributed by atoms with E-state index in [1.807, 2.05) is 67.6 Å². The Balaban J connectivity index is 1.78. The molecule has 0 radical (unpaired) electrons. The van der Waals surface area contributed by atoms with E-state index in [9.17, 15) is 4.79 Å². The predicted octanol–water partition coefficient (Wildman–Crippen LogP) is 4.35. The molecule has 0 aliphatic carbocycles. The molecule has 0 saturated heterocycles. The molecule has 142 valence electrons. The molecule has 5 heteroatoms. The Bertz CT molecular complexity index is 950. The first-order valence-corrected chi connectivity index (χ1v) is 9.31. The van der Waals surface area contributed by atoms with E-state index >= 15 is 0 Å². The van der Waals surface area contributed by atoms with Gasteiger partial charge in [0.1, 0.15) is 0 Å². The average Bonchev–Trinajstić information content (AvgIpc) is 2.73. The maximum absolute atomic E-state index is 12.7. The Morgan fingerprint density at radius 3 is 2.54 bits per heavy atom. The lowest BCUT2D eigenvalue weighted by Gasteiger charge is -2.12. The number of hydrogen-bond acceptors (Lipinski definition) is 3. The molecule has 0 aliphatic heterocycles. The van der Waals surface area contributed by atoms with Crippen LogP contribution in [-0.2, 0) is 13.0 Å². The molecule has 3 aromatic rings. The number of aromatic nitrogens is 1. The van der Waals surface area contributed by atoms with E-state index in [1.54, 1.807) is 12.4 Å². The van der Waals surface area contributed by atoms with Crippen LogP contribution in [0.3, 0.4) is 0 Å². The van der Waals surface area contributed by atoms with Crippen LogP contribution in [0, 0.1) is 6.92 Å². The van der Waals surface area contributed by atoms with E-state index in [0.29, 0.717) is 18.1 Å². The van der Waals surface area contributed by atoms with Gasteiger partial charge in [-0.2, -0.15) is 0 Å². The van der Waals surface area contributed by atoms with E-state index in [2.05, 4.69) is 27.5 Å². The Kier molecular flexibility index (Phi) is 6.52. The Morgan fingerprint density at radius 2 is 1.86 bits per heavy atom. The number of pyridine rings is 1. The van der Waals surface area contributed by atoms with Crippen LogP contribution in [0.5, 0.6) is 0 Å². The van der Waals surface area contributed by atoms with Crippen molar-refractivity contribution >= 4 is 17.6 Å². The minimum absolute atomic E-state index is 0.201. The molecule has 5 nitrogen and oxygen atoms in total. The summed E-state index contributed by atoms with van der Waals surface area (Å²) in [5.41, 5.74) is 4.74. The summed E-state index contributed by atoms with van der Waals surface area (Å²) in [7, 11) is 0. The molecule has 2 aromatic carbocycles. The molecule has 1 aromatic heterocycles. The smallest absolute Gasteiger partial charge is 0.257 e. The zero-order valence-electron chi connectivity index (χ0n) is 16.1. The molecule has 0 saturated carbocycles. The van der Waals surface area contributed by atoms with Gasteiger partial charge in [0.25, 0.3) is 5.91 Å². The third-order valence-electron chi connectivity index (χ3n) is 4.28. The van der Waals surface area contributed by atoms with Crippen LogP contribution in [0.2, 0.25) is 0 Å². The number of nitrogens with one attached hydrogen (secondary N) is 2. The second-order valence-corrected chi connectivity index (χ2v) is 6.53. The van der Waals surface area contributed by atoms with Crippen LogP contribution in [-0.4, -0.2) is 16.9 Å². The van der Waals surface area contributed by atoms with Crippen molar-refractivity contribution in [2.75, 3.05) is 5.32 Å². The fourth-order valence-electron chi connectivity index (χ4n) is 2.70. The highest BCUT2D eigenvalue weighted by Crippen LogP contribution is 2.10. The van der Waals surface area contributed by atoms with Crippen molar-refractivity contribution in [3.63, 3.8) is 0 Å². The van der Waals surface area contributed by atoms with Gasteiger partial charge in [0.2, 0.25) is 5.96 Å². The number of aliphatic imine (C=N–C) groups is 1. The normalized spacial score (nSPS) is 11.1. The SMILES string of the molecule is CCc1ccc(C(=O)NC(=NCc2cccnc2)Nc2cccc(C)c2)cc1. The number of benzene rings is 2. The standard InChI is InChI=1S/C23H24N4O/c1-3-18-9-11-20(12-10-18)22(28)27-23(25-16-19-7-5-13-24-15-19)26-21-8-4-6-17(2)14-21/h4-15H,3,16H2,1-2H3,(H2,25,26,27,28). The van der Waals surface area contributed by atoms with Gasteiger partial charge in [-0.05, 0) is 60.4 Å². The van der Waals surface area contributed by atoms with Crippen molar-refractivity contribution in [1.29, 1.82) is 0 Å². The second kappa shape index (κ2) is 9.46. The topological polar surface area (TPSA) is 66.4 Å². The monoisotopic (exact) mass is 372 g/mol. The van der Waals surface area contributed by atoms with Gasteiger partial charge in [-0.25, -0.2) is 4.99 Å². The maximum Gasteiger partial charge on any atom is 0.257 e. The van der Waals surface area contributed by atoms with Crippen LogP contribution in [0.15, 0.2) is 78.0 Å². The summed E-state index contributed by atoms with van der Waals surface area (Å²) < 4.78 is 0. The van der Waals surface area contributed by atoms with E-state index < -0.39 is 0 Å². The third-order valence-corrected chi connectivity index (χ3v) is 4.28. The van der Waals surface area contributed by atoms with Gasteiger partial charge in [-0.15, -0.1) is 0 Å². The van der Waals surface area contributed by atoms with Crippen molar-refractivity contribution in [1.82, 2.24) is 10.3 Å². The Hall–Kier alpha value is -3.47. The number of carbonyl (C=O) groups is 1. The molecule has 0 unspecified atom stereocenters. The molecule has 0 bridgehead atoms. The number of hydrogen-bond donors (Lipinski definition) is 2. The maximum atomic E-state index is 12.7. The van der Waals surface area contributed by atoms with E-state index in [0.717, 1.165) is 23.2 Å². The molecule has 2 N–H and O–H groups in total. The van der Waals surface area contributed by atoms with Gasteiger partial charge in [0.05, 0.1) is 6.54 Å². The highest BCUT2D eigenvalue weighted by molar-refractivity contribution is 6.09. The van der Waals surface area contributed by atoms with Crippen LogP contribution < -0.4 is 10.6 Å². The number of carbonyl (C=O) groups excluding carboxylic acids is 1. The van der Waals surface area contributed by atoms with Gasteiger partial charge in [-0.1, -0.05) is 37.3 Å². The van der Waals surface area contributed by atoms with Crippen molar-refractivity contribution in [2.24, 2.45) is 4.99 Å². The minimum atomic E-state index is -0.201. The molecular weight excluding hydrogens is 348 g/mol. The molecule has 28 heavy (non-hydrogen) atoms. The fraction of sp³-hybridized carbons (Fsp3) is 0.174. The van der Waals surface area contributed by atoms with Crippen LogP contribution in [0.25, 0.3) is 0 Å². The molecule has 0 fully saturated rings. The molecular formula is C23H24N4O. The summed E-state index contributed by atoms with van der Waals surface area (Å²) >= 11 is 0. The summed E-state index contributed by atoms with van der Waals surface area (Å²) in [5, 5.41) is 6.10. The number of rotatable bonds is 5. The highest BCUT2D eigenvalue weighted by Gasteiger charge is 2.10. The average molecular weight is 372 g/mol. The van der Waals surface area contributed by atoms with Gasteiger partial charge in [-0.3, -0.25) is 15.1 Å². The zero-order valence-corrected chi connectivity index (χ0v) is 16.1. The first-order valence-electron chi connectivity index (χ1n) is 9.31. The summed E-state index contributed by atoms with van der Waals surface area (Å²) in [6.45, 7) is 4.52. The number of aryl methyl sites for hydroxylation is 2. The first-order chi connectivity index (χ1) is 13.6.